The summed E-state index contributed by atoms with van der Waals surface area (Å²) >= 11 is 0. The number of benzene rings is 2. The molecule has 0 bridgehead atoms. The van der Waals surface area contributed by atoms with E-state index in [1.807, 2.05) is 36.4 Å². The van der Waals surface area contributed by atoms with Gasteiger partial charge in [0, 0.05) is 0 Å². The highest BCUT2D eigenvalue weighted by atomic mass is 32.2. The molecular weight excluding hydrogens is 236 g/mol. The summed E-state index contributed by atoms with van der Waals surface area (Å²) in [4.78, 5) is 0. The van der Waals surface area contributed by atoms with Gasteiger partial charge in [-0.2, -0.15) is 0 Å². The molecule has 2 aromatic carbocycles. The van der Waals surface area contributed by atoms with Gasteiger partial charge in [0.1, 0.15) is 0 Å². The molecule has 4 heteroatoms. The summed E-state index contributed by atoms with van der Waals surface area (Å²) in [6, 6.07) is 16.6. The molecule has 0 saturated heterocycles. The second-order valence-corrected chi connectivity index (χ2v) is 5.17. The zero-order valence-corrected chi connectivity index (χ0v) is 9.85. The van der Waals surface area contributed by atoms with Gasteiger partial charge < -0.3 is 4.55 Å². The third kappa shape index (κ3) is 3.41. The molecule has 0 amide bonds. The van der Waals surface area contributed by atoms with E-state index in [0.29, 0.717) is 5.56 Å². The Balaban J connectivity index is 2.36. The van der Waals surface area contributed by atoms with Crippen molar-refractivity contribution in [2.24, 2.45) is 0 Å². The van der Waals surface area contributed by atoms with Crippen molar-refractivity contribution in [2.45, 2.75) is 5.75 Å². The van der Waals surface area contributed by atoms with Gasteiger partial charge >= 0.3 is 0 Å². The first kappa shape index (κ1) is 11.8. The van der Waals surface area contributed by atoms with Gasteiger partial charge in [-0.3, -0.25) is 0 Å². The van der Waals surface area contributed by atoms with Gasteiger partial charge in [-0.05, 0) is 16.7 Å². The van der Waals surface area contributed by atoms with Crippen molar-refractivity contribution in [3.63, 3.8) is 0 Å². The van der Waals surface area contributed by atoms with Gasteiger partial charge in [-0.15, -0.1) is 0 Å². The van der Waals surface area contributed by atoms with Crippen LogP contribution in [0.2, 0.25) is 0 Å². The summed E-state index contributed by atoms with van der Waals surface area (Å²) < 4.78 is 32.1. The molecule has 2 aromatic rings. The molecule has 2 rings (SSSR count). The predicted octanol–water partition coefficient (Wildman–Crippen LogP) is 2.40. The van der Waals surface area contributed by atoms with Crippen LogP contribution in [0, 0.1) is 0 Å². The lowest BCUT2D eigenvalue weighted by molar-refractivity contribution is 0.462. The minimum absolute atomic E-state index is 0.465. The van der Waals surface area contributed by atoms with Gasteiger partial charge in [-0.1, -0.05) is 54.6 Å². The summed E-state index contributed by atoms with van der Waals surface area (Å²) in [7, 11) is -4.23. The Bertz CT molecular complexity index is 604. The van der Waals surface area contributed by atoms with E-state index in [2.05, 4.69) is 0 Å². The summed E-state index contributed by atoms with van der Waals surface area (Å²) in [6.45, 7) is 0. The molecule has 0 aliphatic heterocycles. The van der Waals surface area contributed by atoms with Crippen LogP contribution in [-0.4, -0.2) is 13.0 Å². The molecule has 0 atom stereocenters. The van der Waals surface area contributed by atoms with Crippen molar-refractivity contribution in [2.75, 3.05) is 0 Å². The molecular formula is C13H11O3S-. The first-order valence-electron chi connectivity index (χ1n) is 5.12. The zero-order chi connectivity index (χ0) is 12.3. The summed E-state index contributed by atoms with van der Waals surface area (Å²) in [6.07, 6.45) is 0. The molecule has 0 spiro atoms. The molecule has 0 heterocycles. The average Bonchev–Trinajstić information content (AvgIpc) is 2.28. The third-order valence-corrected chi connectivity index (χ3v) is 3.06. The second-order valence-electron chi connectivity index (χ2n) is 3.77. The van der Waals surface area contributed by atoms with Crippen molar-refractivity contribution < 1.29 is 13.0 Å². The quantitative estimate of drug-likeness (QED) is 0.782. The van der Waals surface area contributed by atoms with E-state index in [1.54, 1.807) is 18.2 Å². The van der Waals surface area contributed by atoms with E-state index in [-0.39, 0.29) is 0 Å². The molecule has 0 aromatic heterocycles. The van der Waals surface area contributed by atoms with Gasteiger partial charge in [0.25, 0.3) is 0 Å². The van der Waals surface area contributed by atoms with E-state index >= 15 is 0 Å². The topological polar surface area (TPSA) is 57.2 Å². The Labute approximate surface area is 100 Å². The molecule has 0 saturated carbocycles. The SMILES string of the molecule is O=S(=O)([O-])Cc1cccc(-c2ccccc2)c1. The van der Waals surface area contributed by atoms with Crippen molar-refractivity contribution in [1.29, 1.82) is 0 Å². The fourth-order valence-corrected chi connectivity index (χ4v) is 2.26. The summed E-state index contributed by atoms with van der Waals surface area (Å²) in [5.74, 6) is -0.465. The van der Waals surface area contributed by atoms with Crippen molar-refractivity contribution in [3.8, 4) is 11.1 Å². The Morgan fingerprint density at radius 1 is 0.882 bits per heavy atom. The maximum absolute atomic E-state index is 10.7. The first-order valence-corrected chi connectivity index (χ1v) is 6.70. The number of hydrogen-bond acceptors (Lipinski definition) is 3. The third-order valence-electron chi connectivity index (χ3n) is 2.38. The standard InChI is InChI=1S/C13H12O3S/c14-17(15,16)10-11-5-4-8-13(9-11)12-6-2-1-3-7-12/h1-9H,10H2,(H,14,15,16)/p-1. The Morgan fingerprint density at radius 3 is 2.18 bits per heavy atom. The van der Waals surface area contributed by atoms with Crippen molar-refractivity contribution in [1.82, 2.24) is 0 Å². The zero-order valence-electron chi connectivity index (χ0n) is 9.04. The highest BCUT2D eigenvalue weighted by Crippen LogP contribution is 2.20. The minimum Gasteiger partial charge on any atom is -0.748 e. The van der Waals surface area contributed by atoms with Gasteiger partial charge in [-0.25, -0.2) is 8.42 Å². The van der Waals surface area contributed by atoms with Crippen LogP contribution in [0.15, 0.2) is 54.6 Å². The molecule has 17 heavy (non-hydrogen) atoms. The van der Waals surface area contributed by atoms with Gasteiger partial charge in [0.15, 0.2) is 0 Å². The van der Waals surface area contributed by atoms with Crippen LogP contribution in [-0.2, 0) is 15.9 Å². The van der Waals surface area contributed by atoms with E-state index in [9.17, 15) is 13.0 Å². The van der Waals surface area contributed by atoms with Crippen molar-refractivity contribution >= 4 is 10.1 Å². The highest BCUT2D eigenvalue weighted by molar-refractivity contribution is 7.84. The molecule has 0 radical (unpaired) electrons. The van der Waals surface area contributed by atoms with E-state index in [4.69, 9.17) is 0 Å². The van der Waals surface area contributed by atoms with Crippen LogP contribution in [0.3, 0.4) is 0 Å². The van der Waals surface area contributed by atoms with Crippen LogP contribution in [0.25, 0.3) is 11.1 Å². The molecule has 0 aliphatic rings. The fourth-order valence-electron chi connectivity index (χ4n) is 1.68. The smallest absolute Gasteiger partial charge is 0.0988 e. The molecule has 0 fully saturated rings. The lowest BCUT2D eigenvalue weighted by Gasteiger charge is -2.08. The fraction of sp³-hybridized carbons (Fsp3) is 0.0769. The predicted molar refractivity (Wildman–Crippen MR) is 65.3 cm³/mol. The first-order chi connectivity index (χ1) is 8.04. The Morgan fingerprint density at radius 2 is 1.53 bits per heavy atom. The van der Waals surface area contributed by atoms with Crippen LogP contribution in [0.1, 0.15) is 5.56 Å². The second kappa shape index (κ2) is 4.69. The summed E-state index contributed by atoms with van der Waals surface area (Å²) in [5.41, 5.74) is 2.42. The highest BCUT2D eigenvalue weighted by Gasteiger charge is 2.01. The molecule has 0 N–H and O–H groups in total. The number of hydrogen-bond donors (Lipinski definition) is 0. The van der Waals surface area contributed by atoms with Gasteiger partial charge in [0.05, 0.1) is 15.9 Å². The monoisotopic (exact) mass is 247 g/mol. The molecule has 88 valence electrons. The van der Waals surface area contributed by atoms with Gasteiger partial charge in [0.2, 0.25) is 0 Å². The average molecular weight is 247 g/mol. The van der Waals surface area contributed by atoms with Crippen LogP contribution in [0.4, 0.5) is 0 Å². The van der Waals surface area contributed by atoms with Crippen LogP contribution < -0.4 is 0 Å². The Hall–Kier alpha value is -1.65. The van der Waals surface area contributed by atoms with E-state index < -0.39 is 15.9 Å². The summed E-state index contributed by atoms with van der Waals surface area (Å²) in [5, 5.41) is 0. The number of rotatable bonds is 3. The lowest BCUT2D eigenvalue weighted by atomic mass is 10.0. The largest absolute Gasteiger partial charge is 0.748 e. The Kier molecular flexibility index (Phi) is 3.26. The maximum Gasteiger partial charge on any atom is 0.0988 e. The van der Waals surface area contributed by atoms with Crippen LogP contribution in [0.5, 0.6) is 0 Å². The molecule has 0 unspecified atom stereocenters. The van der Waals surface area contributed by atoms with Crippen molar-refractivity contribution in [3.05, 3.63) is 60.2 Å². The normalized spacial score (nSPS) is 11.4. The molecule has 3 nitrogen and oxygen atoms in total. The van der Waals surface area contributed by atoms with E-state index in [0.717, 1.165) is 11.1 Å². The van der Waals surface area contributed by atoms with Crippen LogP contribution >= 0.6 is 0 Å². The lowest BCUT2D eigenvalue weighted by Crippen LogP contribution is -2.01. The van der Waals surface area contributed by atoms with E-state index in [1.165, 1.54) is 0 Å². The minimum atomic E-state index is -4.23. The molecule has 0 aliphatic carbocycles. The maximum atomic E-state index is 10.7.